The number of nitrogen functional groups attached to an aromatic ring is 1. The Kier molecular flexibility index (Phi) is 7.60. The van der Waals surface area contributed by atoms with E-state index in [1.807, 2.05) is 36.1 Å². The largest absolute Gasteiger partial charge is 0.384 e. The lowest BCUT2D eigenvalue weighted by Gasteiger charge is -2.34. The van der Waals surface area contributed by atoms with Crippen LogP contribution in [0.4, 0.5) is 5.82 Å². The van der Waals surface area contributed by atoms with Gasteiger partial charge in [-0.1, -0.05) is 24.3 Å². The fraction of sp³-hybridized carbons (Fsp3) is 0.455. The zero-order chi connectivity index (χ0) is 23.3. The number of nitrogens with zero attached hydrogens (tertiary/aromatic N) is 3. The number of ether oxygens (including phenoxy) is 1. The molecule has 1 aromatic heterocycles. The highest BCUT2D eigenvalue weighted by molar-refractivity contribution is 6.01. The quantitative estimate of drug-likeness (QED) is 0.533. The molecule has 0 radical (unpaired) electrons. The maximum Gasteiger partial charge on any atom is 0.330 e. The van der Waals surface area contributed by atoms with Gasteiger partial charge in [-0.3, -0.25) is 28.8 Å². The Balaban J connectivity index is 1.61. The molecule has 2 heterocycles. The molecule has 0 spiro atoms. The van der Waals surface area contributed by atoms with E-state index in [1.165, 1.54) is 7.11 Å². The van der Waals surface area contributed by atoms with Crippen LogP contribution < -0.4 is 17.0 Å². The summed E-state index contributed by atoms with van der Waals surface area (Å²) in [5.41, 5.74) is 6.37. The van der Waals surface area contributed by atoms with Gasteiger partial charge in [0.2, 0.25) is 5.91 Å². The van der Waals surface area contributed by atoms with E-state index in [-0.39, 0.29) is 37.0 Å². The van der Waals surface area contributed by atoms with Crippen LogP contribution in [-0.4, -0.2) is 77.5 Å². The smallest absolute Gasteiger partial charge is 0.330 e. The maximum absolute atomic E-state index is 12.8. The van der Waals surface area contributed by atoms with Crippen molar-refractivity contribution in [3.8, 4) is 0 Å². The van der Waals surface area contributed by atoms with E-state index < -0.39 is 17.0 Å². The molecule has 0 unspecified atom stereocenters. The Hall–Kier alpha value is -3.24. The summed E-state index contributed by atoms with van der Waals surface area (Å²) < 4.78 is 6.07. The minimum Gasteiger partial charge on any atom is -0.384 e. The number of Topliss-reactive ketones (excluding diaryl/α,β-unsaturated/α-hetero) is 1. The summed E-state index contributed by atoms with van der Waals surface area (Å²) in [5, 5.41) is 0. The van der Waals surface area contributed by atoms with E-state index in [0.717, 1.165) is 15.7 Å². The molecule has 10 heteroatoms. The van der Waals surface area contributed by atoms with E-state index in [2.05, 4.69) is 4.98 Å². The molecular weight excluding hydrogens is 414 g/mol. The van der Waals surface area contributed by atoms with Crippen LogP contribution in [0.5, 0.6) is 0 Å². The first-order chi connectivity index (χ1) is 15.3. The number of benzene rings is 1. The number of aromatic amines is 1. The number of rotatable bonds is 8. The zero-order valence-corrected chi connectivity index (χ0v) is 18.4. The minimum absolute atomic E-state index is 0.0183. The molecule has 0 atom stereocenters. The monoisotopic (exact) mass is 443 g/mol. The van der Waals surface area contributed by atoms with E-state index in [1.54, 1.807) is 4.90 Å². The molecule has 3 N–H and O–H groups in total. The lowest BCUT2D eigenvalue weighted by molar-refractivity contribution is -0.132. The van der Waals surface area contributed by atoms with Gasteiger partial charge >= 0.3 is 5.69 Å². The topological polar surface area (TPSA) is 131 Å². The Morgan fingerprint density at radius 3 is 2.47 bits per heavy atom. The SMILES string of the molecule is COCCn1c(N)c(C(=O)CN2CCN(C(=O)Cc3ccccc3C)CC2)c(=O)[nH]c1=O. The number of H-pyrrole nitrogens is 1. The zero-order valence-electron chi connectivity index (χ0n) is 18.4. The summed E-state index contributed by atoms with van der Waals surface area (Å²) in [6, 6.07) is 7.81. The van der Waals surface area contributed by atoms with Gasteiger partial charge in [0.05, 0.1) is 26.1 Å². The second-order valence-electron chi connectivity index (χ2n) is 7.85. The molecule has 172 valence electrons. The summed E-state index contributed by atoms with van der Waals surface area (Å²) in [7, 11) is 1.48. The van der Waals surface area contributed by atoms with Crippen LogP contribution in [0.1, 0.15) is 21.5 Å². The van der Waals surface area contributed by atoms with Crippen molar-refractivity contribution in [2.24, 2.45) is 0 Å². The molecule has 32 heavy (non-hydrogen) atoms. The molecule has 1 fully saturated rings. The van der Waals surface area contributed by atoms with Crippen LogP contribution in [0, 0.1) is 6.92 Å². The standard InChI is InChI=1S/C22H29N5O5/c1-15-5-3-4-6-16(15)13-18(29)26-9-7-25(8-10-26)14-17(28)19-20(23)27(11-12-32-2)22(31)24-21(19)30/h3-6H,7-14,23H2,1-2H3,(H,24,30,31). The van der Waals surface area contributed by atoms with Crippen molar-refractivity contribution >= 4 is 17.5 Å². The number of methoxy groups -OCH3 is 1. The maximum atomic E-state index is 12.8. The third kappa shape index (κ3) is 5.32. The number of nitrogens with one attached hydrogen (secondary N) is 1. The highest BCUT2D eigenvalue weighted by Gasteiger charge is 2.26. The minimum atomic E-state index is -0.793. The van der Waals surface area contributed by atoms with Crippen LogP contribution in [0.15, 0.2) is 33.9 Å². The molecule has 0 aliphatic carbocycles. The third-order valence-electron chi connectivity index (χ3n) is 5.73. The molecule has 3 rings (SSSR count). The van der Waals surface area contributed by atoms with Crippen molar-refractivity contribution in [2.45, 2.75) is 19.9 Å². The molecule has 1 aliphatic rings. The van der Waals surface area contributed by atoms with Crippen LogP contribution in [0.25, 0.3) is 0 Å². The Morgan fingerprint density at radius 1 is 1.12 bits per heavy atom. The molecule has 1 saturated heterocycles. The van der Waals surface area contributed by atoms with Crippen molar-refractivity contribution in [1.29, 1.82) is 0 Å². The van der Waals surface area contributed by atoms with Crippen LogP contribution >= 0.6 is 0 Å². The molecule has 1 aliphatic heterocycles. The molecule has 1 aromatic carbocycles. The Labute approximate surface area is 185 Å². The second-order valence-corrected chi connectivity index (χ2v) is 7.85. The predicted molar refractivity (Wildman–Crippen MR) is 120 cm³/mol. The first kappa shape index (κ1) is 23.4. The number of amides is 1. The van der Waals surface area contributed by atoms with Gasteiger partial charge in [-0.05, 0) is 18.1 Å². The van der Waals surface area contributed by atoms with Crippen molar-refractivity contribution in [3.63, 3.8) is 0 Å². The van der Waals surface area contributed by atoms with E-state index in [4.69, 9.17) is 10.5 Å². The molecule has 10 nitrogen and oxygen atoms in total. The van der Waals surface area contributed by atoms with E-state index >= 15 is 0 Å². The third-order valence-corrected chi connectivity index (χ3v) is 5.73. The predicted octanol–water partition coefficient (Wildman–Crippen LogP) is -0.357. The van der Waals surface area contributed by atoms with Crippen LogP contribution in [-0.2, 0) is 22.5 Å². The van der Waals surface area contributed by atoms with Gasteiger partial charge in [-0.2, -0.15) is 0 Å². The fourth-order valence-electron chi connectivity index (χ4n) is 3.78. The van der Waals surface area contributed by atoms with Gasteiger partial charge in [-0.25, -0.2) is 4.79 Å². The normalized spacial score (nSPS) is 14.5. The van der Waals surface area contributed by atoms with Gasteiger partial charge in [0, 0.05) is 33.3 Å². The summed E-state index contributed by atoms with van der Waals surface area (Å²) in [5.74, 6) is -0.571. The molecule has 0 saturated carbocycles. The van der Waals surface area contributed by atoms with Crippen molar-refractivity contribution in [1.82, 2.24) is 19.4 Å². The highest BCUT2D eigenvalue weighted by Crippen LogP contribution is 2.12. The number of hydrogen-bond acceptors (Lipinski definition) is 7. The Bertz CT molecular complexity index is 1100. The summed E-state index contributed by atoms with van der Waals surface area (Å²) >= 11 is 0. The van der Waals surface area contributed by atoms with Gasteiger partial charge in [-0.15, -0.1) is 0 Å². The van der Waals surface area contributed by atoms with Gasteiger partial charge < -0.3 is 15.4 Å². The first-order valence-electron chi connectivity index (χ1n) is 10.5. The van der Waals surface area contributed by atoms with E-state index in [9.17, 15) is 19.2 Å². The van der Waals surface area contributed by atoms with Crippen LogP contribution in [0.2, 0.25) is 0 Å². The number of piperazine rings is 1. The average molecular weight is 444 g/mol. The fourth-order valence-corrected chi connectivity index (χ4v) is 3.78. The average Bonchev–Trinajstić information content (AvgIpc) is 2.75. The first-order valence-corrected chi connectivity index (χ1v) is 10.5. The van der Waals surface area contributed by atoms with Gasteiger partial charge in [0.1, 0.15) is 11.4 Å². The molecule has 0 bridgehead atoms. The lowest BCUT2D eigenvalue weighted by Crippen LogP contribution is -2.50. The summed E-state index contributed by atoms with van der Waals surface area (Å²) in [6.45, 7) is 4.31. The summed E-state index contributed by atoms with van der Waals surface area (Å²) in [4.78, 5) is 55.5. The molecule has 2 aromatic rings. The number of aryl methyl sites for hydroxylation is 1. The number of hydrogen-bond donors (Lipinski definition) is 2. The number of aromatic nitrogens is 2. The van der Waals surface area contributed by atoms with Crippen LogP contribution in [0.3, 0.4) is 0 Å². The lowest BCUT2D eigenvalue weighted by atomic mass is 10.1. The van der Waals surface area contributed by atoms with Crippen molar-refractivity contribution in [3.05, 3.63) is 61.8 Å². The number of anilines is 1. The summed E-state index contributed by atoms with van der Waals surface area (Å²) in [6.07, 6.45) is 0.348. The number of carbonyl (C=O) groups excluding carboxylic acids is 2. The van der Waals surface area contributed by atoms with E-state index in [0.29, 0.717) is 32.6 Å². The molecular formula is C22H29N5O5. The molecule has 1 amide bonds. The number of carbonyl (C=O) groups is 2. The number of nitrogens with two attached hydrogens (primary N) is 1. The second kappa shape index (κ2) is 10.4. The van der Waals surface area contributed by atoms with Crippen molar-refractivity contribution < 1.29 is 14.3 Å². The van der Waals surface area contributed by atoms with Gasteiger partial charge in [0.25, 0.3) is 5.56 Å². The van der Waals surface area contributed by atoms with Crippen molar-refractivity contribution in [2.75, 3.05) is 52.2 Å². The van der Waals surface area contributed by atoms with Gasteiger partial charge in [0.15, 0.2) is 5.78 Å². The number of ketones is 1. The highest BCUT2D eigenvalue weighted by atomic mass is 16.5. The Morgan fingerprint density at radius 2 is 1.81 bits per heavy atom.